The largest absolute Gasteiger partial charge is 0.352 e. The van der Waals surface area contributed by atoms with Gasteiger partial charge in [0.05, 0.1) is 0 Å². The Morgan fingerprint density at radius 1 is 1.62 bits per heavy atom. The van der Waals surface area contributed by atoms with Gasteiger partial charge in [-0.1, -0.05) is 19.1 Å². The molecule has 1 aliphatic rings. The summed E-state index contributed by atoms with van der Waals surface area (Å²) in [4.78, 5) is 11.4. The molecule has 0 saturated heterocycles. The number of carbonyl (C=O) groups is 1. The van der Waals surface area contributed by atoms with Crippen LogP contribution in [0.1, 0.15) is 19.8 Å². The zero-order valence-corrected chi connectivity index (χ0v) is 8.68. The molecule has 0 aromatic carbocycles. The van der Waals surface area contributed by atoms with E-state index < -0.39 is 0 Å². The first-order valence-electron chi connectivity index (χ1n) is 4.74. The summed E-state index contributed by atoms with van der Waals surface area (Å²) in [6.07, 6.45) is 6.15. The monoisotopic (exact) mass is 201 g/mol. The Kier molecular flexibility index (Phi) is 4.29. The number of amides is 1. The first-order chi connectivity index (χ1) is 6.25. The number of alkyl halides is 1. The molecule has 0 aromatic rings. The van der Waals surface area contributed by atoms with Crippen molar-refractivity contribution in [1.29, 1.82) is 0 Å². The van der Waals surface area contributed by atoms with Crippen molar-refractivity contribution in [3.63, 3.8) is 0 Å². The quantitative estimate of drug-likeness (QED) is 0.535. The van der Waals surface area contributed by atoms with Crippen LogP contribution in [0.25, 0.3) is 0 Å². The molecule has 0 heterocycles. The van der Waals surface area contributed by atoms with Crippen LogP contribution in [0.2, 0.25) is 0 Å². The second kappa shape index (κ2) is 5.28. The minimum absolute atomic E-state index is 0.168. The summed E-state index contributed by atoms with van der Waals surface area (Å²) in [7, 11) is 0. The van der Waals surface area contributed by atoms with Gasteiger partial charge in [-0.15, -0.1) is 11.6 Å². The number of carbonyl (C=O) groups excluding carboxylic acids is 1. The van der Waals surface area contributed by atoms with E-state index in [-0.39, 0.29) is 11.8 Å². The van der Waals surface area contributed by atoms with Crippen molar-refractivity contribution in [2.45, 2.75) is 19.8 Å². The molecule has 1 aliphatic carbocycles. The van der Waals surface area contributed by atoms with Crippen molar-refractivity contribution in [2.75, 3.05) is 12.4 Å². The third-order valence-corrected chi connectivity index (χ3v) is 2.57. The zero-order chi connectivity index (χ0) is 9.68. The van der Waals surface area contributed by atoms with Crippen LogP contribution < -0.4 is 5.32 Å². The molecule has 13 heavy (non-hydrogen) atoms. The van der Waals surface area contributed by atoms with Gasteiger partial charge in [-0.05, 0) is 18.8 Å². The Labute approximate surface area is 84.3 Å². The lowest BCUT2D eigenvalue weighted by molar-refractivity contribution is -0.124. The van der Waals surface area contributed by atoms with E-state index in [9.17, 15) is 4.79 Å². The molecule has 3 heteroatoms. The van der Waals surface area contributed by atoms with Crippen LogP contribution in [-0.2, 0) is 4.79 Å². The Morgan fingerprint density at radius 2 is 2.31 bits per heavy atom. The first kappa shape index (κ1) is 10.6. The summed E-state index contributed by atoms with van der Waals surface area (Å²) in [5, 5.41) is 2.85. The SMILES string of the molecule is CC(C(=O)NC/C=C/CCl)C1CC1. The van der Waals surface area contributed by atoms with E-state index in [4.69, 9.17) is 11.6 Å². The first-order valence-corrected chi connectivity index (χ1v) is 5.28. The normalized spacial score (nSPS) is 18.9. The second-order valence-electron chi connectivity index (χ2n) is 3.50. The van der Waals surface area contributed by atoms with E-state index in [2.05, 4.69) is 5.32 Å². The molecule has 0 aromatic heterocycles. The lowest BCUT2D eigenvalue weighted by Crippen LogP contribution is -2.30. The number of halogens is 1. The molecule has 2 nitrogen and oxygen atoms in total. The van der Waals surface area contributed by atoms with Gasteiger partial charge in [0.1, 0.15) is 0 Å². The fourth-order valence-electron chi connectivity index (χ4n) is 1.28. The molecule has 1 unspecified atom stereocenters. The molecule has 1 amide bonds. The van der Waals surface area contributed by atoms with Crippen LogP contribution in [0, 0.1) is 11.8 Å². The van der Waals surface area contributed by atoms with Crippen molar-refractivity contribution in [1.82, 2.24) is 5.32 Å². The van der Waals surface area contributed by atoms with E-state index in [1.54, 1.807) is 0 Å². The van der Waals surface area contributed by atoms with Crippen LogP contribution >= 0.6 is 11.6 Å². The number of rotatable bonds is 5. The molecule has 1 fully saturated rings. The maximum Gasteiger partial charge on any atom is 0.223 e. The number of hydrogen-bond donors (Lipinski definition) is 1. The highest BCUT2D eigenvalue weighted by Gasteiger charge is 2.32. The fourth-order valence-corrected chi connectivity index (χ4v) is 1.40. The van der Waals surface area contributed by atoms with Crippen LogP contribution in [-0.4, -0.2) is 18.3 Å². The van der Waals surface area contributed by atoms with Gasteiger partial charge in [-0.2, -0.15) is 0 Å². The van der Waals surface area contributed by atoms with E-state index in [0.29, 0.717) is 18.3 Å². The molecule has 0 bridgehead atoms. The van der Waals surface area contributed by atoms with Crippen LogP contribution in [0.4, 0.5) is 0 Å². The molecule has 74 valence electrons. The smallest absolute Gasteiger partial charge is 0.223 e. The predicted molar refractivity (Wildman–Crippen MR) is 54.8 cm³/mol. The van der Waals surface area contributed by atoms with Gasteiger partial charge >= 0.3 is 0 Å². The Bertz CT molecular complexity index is 199. The molecule has 0 aliphatic heterocycles. The van der Waals surface area contributed by atoms with E-state index >= 15 is 0 Å². The molecule has 1 rings (SSSR count). The van der Waals surface area contributed by atoms with Gasteiger partial charge in [-0.25, -0.2) is 0 Å². The zero-order valence-electron chi connectivity index (χ0n) is 7.92. The van der Waals surface area contributed by atoms with Crippen molar-refractivity contribution in [3.8, 4) is 0 Å². The Morgan fingerprint density at radius 3 is 2.85 bits per heavy atom. The van der Waals surface area contributed by atoms with Crippen molar-refractivity contribution < 1.29 is 4.79 Å². The maximum absolute atomic E-state index is 11.4. The molecule has 0 spiro atoms. The van der Waals surface area contributed by atoms with E-state index in [1.165, 1.54) is 12.8 Å². The van der Waals surface area contributed by atoms with Crippen LogP contribution in [0.15, 0.2) is 12.2 Å². The lowest BCUT2D eigenvalue weighted by atomic mass is 10.1. The second-order valence-corrected chi connectivity index (χ2v) is 3.81. The van der Waals surface area contributed by atoms with E-state index in [1.807, 2.05) is 19.1 Å². The molecular weight excluding hydrogens is 186 g/mol. The van der Waals surface area contributed by atoms with E-state index in [0.717, 1.165) is 0 Å². The average Bonchev–Trinajstić information content (AvgIpc) is 2.94. The summed E-state index contributed by atoms with van der Waals surface area (Å²) in [6.45, 7) is 2.60. The number of nitrogens with one attached hydrogen (secondary N) is 1. The highest BCUT2D eigenvalue weighted by Crippen LogP contribution is 2.36. The number of allylic oxidation sites excluding steroid dienone is 1. The predicted octanol–water partition coefficient (Wildman–Crippen LogP) is 1.94. The minimum atomic E-state index is 0.168. The van der Waals surface area contributed by atoms with Gasteiger partial charge in [0.15, 0.2) is 0 Å². The standard InChI is InChI=1S/C10H16ClNO/c1-8(9-4-5-9)10(13)12-7-3-2-6-11/h2-3,8-9H,4-7H2,1H3,(H,12,13)/b3-2+. The summed E-state index contributed by atoms with van der Waals surface area (Å²) in [5.41, 5.74) is 0. The van der Waals surface area contributed by atoms with Crippen molar-refractivity contribution >= 4 is 17.5 Å². The summed E-state index contributed by atoms with van der Waals surface area (Å²) < 4.78 is 0. The van der Waals surface area contributed by atoms with Crippen molar-refractivity contribution in [2.24, 2.45) is 11.8 Å². The van der Waals surface area contributed by atoms with Gasteiger partial charge < -0.3 is 5.32 Å². The highest BCUT2D eigenvalue weighted by molar-refractivity contribution is 6.18. The molecule has 1 atom stereocenters. The van der Waals surface area contributed by atoms with Crippen LogP contribution in [0.5, 0.6) is 0 Å². The van der Waals surface area contributed by atoms with Crippen LogP contribution in [0.3, 0.4) is 0 Å². The number of hydrogen-bond acceptors (Lipinski definition) is 1. The van der Waals surface area contributed by atoms with Gasteiger partial charge in [-0.3, -0.25) is 4.79 Å². The van der Waals surface area contributed by atoms with Gasteiger partial charge in [0.2, 0.25) is 5.91 Å². The summed E-state index contributed by atoms with van der Waals surface area (Å²) in [5.74, 6) is 1.50. The maximum atomic E-state index is 11.4. The molecular formula is C10H16ClNO. The summed E-state index contributed by atoms with van der Waals surface area (Å²) >= 11 is 5.44. The minimum Gasteiger partial charge on any atom is -0.352 e. The average molecular weight is 202 g/mol. The van der Waals surface area contributed by atoms with Gasteiger partial charge in [0.25, 0.3) is 0 Å². The third kappa shape index (κ3) is 3.81. The topological polar surface area (TPSA) is 29.1 Å². The molecule has 1 N–H and O–H groups in total. The molecule has 1 saturated carbocycles. The fraction of sp³-hybridized carbons (Fsp3) is 0.700. The Hall–Kier alpha value is -0.500. The lowest BCUT2D eigenvalue weighted by Gasteiger charge is -2.08. The van der Waals surface area contributed by atoms with Crippen molar-refractivity contribution in [3.05, 3.63) is 12.2 Å². The Balaban J connectivity index is 2.12. The highest BCUT2D eigenvalue weighted by atomic mass is 35.5. The summed E-state index contributed by atoms with van der Waals surface area (Å²) in [6, 6.07) is 0. The van der Waals surface area contributed by atoms with Gasteiger partial charge in [0, 0.05) is 18.3 Å². The molecule has 0 radical (unpaired) electrons. The third-order valence-electron chi connectivity index (χ3n) is 2.39.